The number of aliphatic hydroxyl groups is 1. The third-order valence-corrected chi connectivity index (χ3v) is 13.8. The number of benzene rings is 1. The highest BCUT2D eigenvalue weighted by Crippen LogP contribution is 2.46. The van der Waals surface area contributed by atoms with E-state index in [-0.39, 0.29) is 0 Å². The molecule has 236 valence electrons. The molecule has 4 heterocycles. The monoisotopic (exact) mass is 663 g/mol. The lowest BCUT2D eigenvalue weighted by Gasteiger charge is -2.37. The Balaban J connectivity index is 1.21. The van der Waals surface area contributed by atoms with Crippen molar-refractivity contribution in [2.45, 2.75) is 61.3 Å². The van der Waals surface area contributed by atoms with Gasteiger partial charge in [0.25, 0.3) is 0 Å². The van der Waals surface area contributed by atoms with E-state index in [9.17, 15) is 13.5 Å². The molecule has 0 radical (unpaired) electrons. The predicted molar refractivity (Wildman–Crippen MR) is 182 cm³/mol. The molecular formula is C34H38ClN5O3S2. The molecule has 45 heavy (non-hydrogen) atoms. The first-order chi connectivity index (χ1) is 21.5. The molecule has 7 rings (SSSR count). The van der Waals surface area contributed by atoms with Crippen molar-refractivity contribution < 1.29 is 13.5 Å². The van der Waals surface area contributed by atoms with Gasteiger partial charge < -0.3 is 14.9 Å². The second kappa shape index (κ2) is 11.3. The fraction of sp³-hybridized carbons (Fsp3) is 0.412. The van der Waals surface area contributed by atoms with Gasteiger partial charge in [-0.3, -0.25) is 0 Å². The highest BCUT2D eigenvalue weighted by atomic mass is 35.5. The van der Waals surface area contributed by atoms with Gasteiger partial charge >= 0.3 is 0 Å². The Kier molecular flexibility index (Phi) is 7.72. The summed E-state index contributed by atoms with van der Waals surface area (Å²) in [7, 11) is 0.226. The Morgan fingerprint density at radius 1 is 1.07 bits per heavy atom. The van der Waals surface area contributed by atoms with Crippen molar-refractivity contribution in [2.75, 3.05) is 32.1 Å². The Bertz CT molecular complexity index is 1900. The number of piperidine rings is 1. The van der Waals surface area contributed by atoms with Crippen LogP contribution in [0.25, 0.3) is 21.5 Å². The zero-order valence-corrected chi connectivity index (χ0v) is 28.1. The van der Waals surface area contributed by atoms with Gasteiger partial charge in [-0.1, -0.05) is 29.8 Å². The molecule has 3 aromatic heterocycles. The number of fused-ring (bicyclic) bond motifs is 1. The zero-order valence-electron chi connectivity index (χ0n) is 25.7. The summed E-state index contributed by atoms with van der Waals surface area (Å²) in [5.74, 6) is -0.466. The average molecular weight is 664 g/mol. The molecule has 2 aliphatic carbocycles. The molecule has 2 fully saturated rings. The van der Waals surface area contributed by atoms with Gasteiger partial charge in [0.05, 0.1) is 4.88 Å². The van der Waals surface area contributed by atoms with Gasteiger partial charge in [-0.2, -0.15) is 0 Å². The molecule has 4 aromatic rings. The number of rotatable bonds is 7. The van der Waals surface area contributed by atoms with E-state index < -0.39 is 26.3 Å². The third-order valence-electron chi connectivity index (χ3n) is 10.0. The maximum Gasteiger partial charge on any atom is 0.250 e. The minimum atomic E-state index is -4.06. The Labute approximate surface area is 273 Å². The highest BCUT2D eigenvalue weighted by molar-refractivity contribution is 7.91. The summed E-state index contributed by atoms with van der Waals surface area (Å²) >= 11 is 7.96. The Morgan fingerprint density at radius 3 is 2.47 bits per heavy atom. The summed E-state index contributed by atoms with van der Waals surface area (Å²) in [6.45, 7) is 3.73. The molecule has 0 amide bonds. The summed E-state index contributed by atoms with van der Waals surface area (Å²) in [6.07, 6.45) is 14.9. The van der Waals surface area contributed by atoms with Gasteiger partial charge in [0.2, 0.25) is 10.0 Å². The summed E-state index contributed by atoms with van der Waals surface area (Å²) < 4.78 is 29.3. The van der Waals surface area contributed by atoms with Crippen LogP contribution in [0.2, 0.25) is 0 Å². The molecule has 1 N–H and O–H groups in total. The van der Waals surface area contributed by atoms with Crippen LogP contribution in [0.1, 0.15) is 55.5 Å². The molecule has 2 unspecified atom stereocenters. The van der Waals surface area contributed by atoms with Crippen molar-refractivity contribution in [3.8, 4) is 10.4 Å². The molecule has 11 heteroatoms. The molecule has 1 aromatic carbocycles. The van der Waals surface area contributed by atoms with E-state index >= 15 is 0 Å². The molecule has 1 aliphatic heterocycles. The van der Waals surface area contributed by atoms with Gasteiger partial charge in [-0.15, -0.1) is 11.3 Å². The number of allylic oxidation sites excluding steroid dienone is 3. The summed E-state index contributed by atoms with van der Waals surface area (Å²) in [4.78, 5) is 14.6. The predicted octanol–water partition coefficient (Wildman–Crippen LogP) is 6.47. The molecular weight excluding hydrogens is 626 g/mol. The van der Waals surface area contributed by atoms with Crippen LogP contribution < -0.4 is 4.90 Å². The number of nitrogens with zero attached hydrogens (tertiary/aromatic N) is 5. The number of hydrogen-bond donors (Lipinski definition) is 1. The van der Waals surface area contributed by atoms with Crippen LogP contribution in [0, 0.1) is 0 Å². The lowest BCUT2D eigenvalue weighted by Crippen LogP contribution is -2.43. The molecule has 0 spiro atoms. The van der Waals surface area contributed by atoms with Crippen LogP contribution in [0.4, 0.5) is 5.69 Å². The lowest BCUT2D eigenvalue weighted by atomic mass is 9.81. The first-order valence-corrected chi connectivity index (χ1v) is 18.1. The maximum atomic E-state index is 14.7. The van der Waals surface area contributed by atoms with Crippen molar-refractivity contribution in [1.82, 2.24) is 18.8 Å². The third kappa shape index (κ3) is 5.15. The van der Waals surface area contributed by atoms with E-state index in [1.54, 1.807) is 43.7 Å². The van der Waals surface area contributed by atoms with Crippen LogP contribution in [-0.4, -0.2) is 70.3 Å². The van der Waals surface area contributed by atoms with E-state index in [1.807, 2.05) is 24.3 Å². The SMILES string of the molecule is CN(C)C1CCN(c2ccc(C3C=CC(Cl)=CC3(C)S(=O)(=O)n3ccc4c(-c5cnc(C6(O)CCC6)s5)ccnc43)cc2)CC1. The zero-order chi connectivity index (χ0) is 31.6. The summed E-state index contributed by atoms with van der Waals surface area (Å²) in [5.41, 5.74) is 2.39. The summed E-state index contributed by atoms with van der Waals surface area (Å²) in [6, 6.07) is 12.6. The van der Waals surface area contributed by atoms with Crippen LogP contribution in [0.15, 0.2) is 78.2 Å². The fourth-order valence-corrected chi connectivity index (χ4v) is 10.3. The molecule has 1 saturated heterocycles. The molecule has 1 saturated carbocycles. The van der Waals surface area contributed by atoms with Crippen LogP contribution in [-0.2, 0) is 15.6 Å². The van der Waals surface area contributed by atoms with E-state index in [0.717, 1.165) is 54.0 Å². The van der Waals surface area contributed by atoms with Gasteiger partial charge in [0, 0.05) is 65.3 Å². The largest absolute Gasteiger partial charge is 0.383 e. The van der Waals surface area contributed by atoms with Gasteiger partial charge in [0.1, 0.15) is 15.4 Å². The number of halogens is 1. The molecule has 3 aliphatic rings. The van der Waals surface area contributed by atoms with Crippen LogP contribution in [0.5, 0.6) is 0 Å². The smallest absolute Gasteiger partial charge is 0.250 e. The molecule has 8 nitrogen and oxygen atoms in total. The van der Waals surface area contributed by atoms with E-state index in [0.29, 0.717) is 40.0 Å². The maximum absolute atomic E-state index is 14.7. The second-order valence-electron chi connectivity index (χ2n) is 13.0. The minimum absolute atomic E-state index is 0.348. The quantitative estimate of drug-likeness (QED) is 0.242. The van der Waals surface area contributed by atoms with E-state index in [2.05, 4.69) is 46.0 Å². The van der Waals surface area contributed by atoms with Crippen LogP contribution >= 0.6 is 22.9 Å². The fourth-order valence-electron chi connectivity index (χ4n) is 6.98. The molecule has 2 atom stereocenters. The highest BCUT2D eigenvalue weighted by Gasteiger charge is 2.47. The standard InChI is InChI=1S/C34H38ClN5O3S2/c1-33(21-24(35)7-10-29(33)23-5-8-26(9-6-23)39-18-12-25(13-19-39)38(2)3)45(42,43)40-20-14-28-27(11-17-36-31(28)40)30-22-37-32(44-30)34(41)15-4-16-34/h5-11,14,17,20-22,25,29,41H,4,12-13,15-16,18-19H2,1-3H3. The number of hydrogen-bond acceptors (Lipinski definition) is 8. The average Bonchev–Trinajstić information content (AvgIpc) is 3.69. The van der Waals surface area contributed by atoms with Gasteiger partial charge in [-0.05, 0) is 95.1 Å². The van der Waals surface area contributed by atoms with Crippen molar-refractivity contribution >= 4 is 49.7 Å². The van der Waals surface area contributed by atoms with Crippen LogP contribution in [0.3, 0.4) is 0 Å². The van der Waals surface area contributed by atoms with E-state index in [4.69, 9.17) is 11.6 Å². The van der Waals surface area contributed by atoms with Gasteiger partial charge in [0.15, 0.2) is 5.65 Å². The minimum Gasteiger partial charge on any atom is -0.383 e. The summed E-state index contributed by atoms with van der Waals surface area (Å²) in [5, 5.41) is 12.6. The lowest BCUT2D eigenvalue weighted by molar-refractivity contribution is -0.0389. The molecule has 0 bridgehead atoms. The first-order valence-electron chi connectivity index (χ1n) is 15.5. The number of anilines is 1. The topological polar surface area (TPSA) is 91.6 Å². The van der Waals surface area contributed by atoms with Crippen molar-refractivity contribution in [3.05, 3.63) is 88.8 Å². The Hall–Kier alpha value is -3.02. The Morgan fingerprint density at radius 2 is 1.80 bits per heavy atom. The second-order valence-corrected chi connectivity index (χ2v) is 16.6. The number of aromatic nitrogens is 3. The van der Waals surface area contributed by atoms with Crippen molar-refractivity contribution in [3.63, 3.8) is 0 Å². The number of pyridine rings is 1. The normalized spacial score (nSPS) is 23.8. The van der Waals surface area contributed by atoms with E-state index in [1.165, 1.54) is 15.3 Å². The first kappa shape index (κ1) is 30.6. The van der Waals surface area contributed by atoms with Crippen molar-refractivity contribution in [1.29, 1.82) is 0 Å². The van der Waals surface area contributed by atoms with Crippen molar-refractivity contribution in [2.24, 2.45) is 0 Å². The number of thiazole rings is 1. The van der Waals surface area contributed by atoms with Gasteiger partial charge in [-0.25, -0.2) is 22.4 Å².